The van der Waals surface area contributed by atoms with E-state index in [9.17, 15) is 9.59 Å². The first-order valence-corrected chi connectivity index (χ1v) is 11.4. The molecule has 0 spiro atoms. The molecule has 7 nitrogen and oxygen atoms in total. The summed E-state index contributed by atoms with van der Waals surface area (Å²) < 4.78 is 5.67. The largest absolute Gasteiger partial charge is 0.490 e. The van der Waals surface area contributed by atoms with Gasteiger partial charge in [0.05, 0.1) is 10.9 Å². The number of oxime groups is 1. The first-order valence-electron chi connectivity index (χ1n) is 10.5. The van der Waals surface area contributed by atoms with Crippen molar-refractivity contribution in [2.75, 3.05) is 13.2 Å². The highest BCUT2D eigenvalue weighted by Gasteiger charge is 2.31. The number of carbonyl (C=O) groups excluding carboxylic acids is 2. The molecular weight excluding hydrogens is 438 g/mol. The number of aromatic nitrogens is 1. The van der Waals surface area contributed by atoms with Gasteiger partial charge in [-0.05, 0) is 42.7 Å². The second-order valence-corrected chi connectivity index (χ2v) is 8.56. The minimum Gasteiger partial charge on any atom is -0.490 e. The van der Waals surface area contributed by atoms with E-state index in [2.05, 4.69) is 15.5 Å². The molecule has 1 atom stereocenters. The van der Waals surface area contributed by atoms with Gasteiger partial charge in [-0.2, -0.15) is 0 Å². The lowest BCUT2D eigenvalue weighted by molar-refractivity contribution is -0.118. The molecule has 2 aromatic carbocycles. The maximum absolute atomic E-state index is 11.7. The molecule has 1 unspecified atom stereocenters. The van der Waals surface area contributed by atoms with Crippen molar-refractivity contribution in [1.29, 1.82) is 0 Å². The Morgan fingerprint density at radius 3 is 2.45 bits per heavy atom. The Morgan fingerprint density at radius 2 is 1.79 bits per heavy atom. The number of nitrogens with zero attached hydrogens (tertiary/aromatic N) is 2. The molecule has 1 aliphatic rings. The molecule has 1 fully saturated rings. The smallest absolute Gasteiger partial charge is 0.286 e. The molecule has 2 heterocycles. The lowest BCUT2D eigenvalue weighted by Crippen LogP contribution is -2.25. The van der Waals surface area contributed by atoms with Crippen LogP contribution in [0.3, 0.4) is 0 Å². The second kappa shape index (κ2) is 10.8. The van der Waals surface area contributed by atoms with Crippen LogP contribution in [0.1, 0.15) is 18.2 Å². The predicted octanol–water partition coefficient (Wildman–Crippen LogP) is 4.46. The predicted molar refractivity (Wildman–Crippen MR) is 128 cm³/mol. The summed E-state index contributed by atoms with van der Waals surface area (Å²) in [5.41, 5.74) is 4.57. The number of hydrogen-bond donors (Lipinski definition) is 1. The molecule has 8 heteroatoms. The van der Waals surface area contributed by atoms with E-state index in [-0.39, 0.29) is 16.4 Å². The van der Waals surface area contributed by atoms with Crippen molar-refractivity contribution in [3.8, 4) is 16.9 Å². The number of amides is 2. The second-order valence-electron chi connectivity index (χ2n) is 7.39. The van der Waals surface area contributed by atoms with Crippen molar-refractivity contribution in [3.05, 3.63) is 84.2 Å². The highest BCUT2D eigenvalue weighted by atomic mass is 32.2. The molecule has 33 heavy (non-hydrogen) atoms. The zero-order valence-electron chi connectivity index (χ0n) is 18.1. The molecule has 1 aliphatic heterocycles. The number of imide groups is 1. The molecule has 1 N–H and O–H groups in total. The maximum Gasteiger partial charge on any atom is 0.286 e. The van der Waals surface area contributed by atoms with Crippen LogP contribution in [0.2, 0.25) is 0 Å². The number of thioether (sulfide) groups is 1. The van der Waals surface area contributed by atoms with Gasteiger partial charge in [0.25, 0.3) is 5.24 Å². The van der Waals surface area contributed by atoms with Crippen LogP contribution in [-0.2, 0) is 16.1 Å². The molecule has 0 aliphatic carbocycles. The summed E-state index contributed by atoms with van der Waals surface area (Å²) >= 11 is 1.03. The van der Waals surface area contributed by atoms with Gasteiger partial charge in [-0.25, -0.2) is 0 Å². The molecule has 0 saturated carbocycles. The van der Waals surface area contributed by atoms with Crippen LogP contribution < -0.4 is 10.1 Å². The van der Waals surface area contributed by atoms with E-state index in [1.54, 1.807) is 0 Å². The van der Waals surface area contributed by atoms with Crippen molar-refractivity contribution in [2.24, 2.45) is 5.16 Å². The Labute approximate surface area is 196 Å². The van der Waals surface area contributed by atoms with Gasteiger partial charge in [-0.15, -0.1) is 0 Å². The fraction of sp³-hybridized carbons (Fsp3) is 0.200. The summed E-state index contributed by atoms with van der Waals surface area (Å²) in [6.45, 7) is 2.48. The average Bonchev–Trinajstić information content (AvgIpc) is 3.16. The lowest BCUT2D eigenvalue weighted by atomic mass is 10.1. The normalized spacial score (nSPS) is 15.9. The highest BCUT2D eigenvalue weighted by Crippen LogP contribution is 2.24. The highest BCUT2D eigenvalue weighted by molar-refractivity contribution is 8.15. The third-order valence-corrected chi connectivity index (χ3v) is 5.98. The van der Waals surface area contributed by atoms with Crippen LogP contribution in [0.25, 0.3) is 11.1 Å². The number of hydrogen-bond acceptors (Lipinski definition) is 7. The zero-order chi connectivity index (χ0) is 23.0. The minimum absolute atomic E-state index is 0.235. The van der Waals surface area contributed by atoms with E-state index in [1.807, 2.05) is 79.9 Å². The summed E-state index contributed by atoms with van der Waals surface area (Å²) in [5.74, 6) is 0.460. The molecular formula is C25H23N3O4S. The Balaban J connectivity index is 1.20. The van der Waals surface area contributed by atoms with Gasteiger partial charge < -0.3 is 9.57 Å². The number of rotatable bonds is 9. The van der Waals surface area contributed by atoms with Gasteiger partial charge >= 0.3 is 0 Å². The van der Waals surface area contributed by atoms with Gasteiger partial charge in [0.2, 0.25) is 5.91 Å². The molecule has 2 amide bonds. The number of pyridine rings is 1. The molecule has 0 radical (unpaired) electrons. The number of ether oxygens (including phenoxy) is 1. The van der Waals surface area contributed by atoms with E-state index >= 15 is 0 Å². The molecule has 4 rings (SSSR count). The van der Waals surface area contributed by atoms with Gasteiger partial charge in [-0.1, -0.05) is 65.4 Å². The van der Waals surface area contributed by atoms with E-state index in [4.69, 9.17) is 9.57 Å². The van der Waals surface area contributed by atoms with Crippen LogP contribution in [0.15, 0.2) is 78.1 Å². The Bertz CT molecular complexity index is 1130. The molecule has 3 aromatic rings. The molecule has 1 saturated heterocycles. The lowest BCUT2D eigenvalue weighted by Gasteiger charge is -2.08. The van der Waals surface area contributed by atoms with Crippen LogP contribution in [-0.4, -0.2) is 40.3 Å². The van der Waals surface area contributed by atoms with Crippen molar-refractivity contribution in [1.82, 2.24) is 10.3 Å². The quantitative estimate of drug-likeness (QED) is 0.287. The Morgan fingerprint density at radius 1 is 1.00 bits per heavy atom. The first kappa shape index (κ1) is 22.5. The maximum atomic E-state index is 11.7. The van der Waals surface area contributed by atoms with Crippen LogP contribution in [0.5, 0.6) is 5.75 Å². The molecule has 1 aromatic heterocycles. The fourth-order valence-corrected chi connectivity index (χ4v) is 4.12. The Kier molecular flexibility index (Phi) is 7.36. The summed E-state index contributed by atoms with van der Waals surface area (Å²) in [6.07, 6.45) is 2.33. The number of nitrogens with one attached hydrogen (secondary N) is 1. The van der Waals surface area contributed by atoms with E-state index in [0.717, 1.165) is 34.1 Å². The van der Waals surface area contributed by atoms with Crippen molar-refractivity contribution < 1.29 is 19.2 Å². The zero-order valence-corrected chi connectivity index (χ0v) is 18.9. The first-order chi connectivity index (χ1) is 16.1. The summed E-state index contributed by atoms with van der Waals surface area (Å²) in [4.78, 5) is 32.8. The van der Waals surface area contributed by atoms with E-state index in [1.165, 1.54) is 0 Å². The van der Waals surface area contributed by atoms with Crippen molar-refractivity contribution in [2.45, 2.75) is 18.6 Å². The van der Waals surface area contributed by atoms with Crippen molar-refractivity contribution >= 4 is 28.6 Å². The Hall–Kier alpha value is -3.65. The van der Waals surface area contributed by atoms with Gasteiger partial charge in [0, 0.05) is 11.8 Å². The summed E-state index contributed by atoms with van der Waals surface area (Å²) in [5, 5.41) is 5.76. The van der Waals surface area contributed by atoms with E-state index in [0.29, 0.717) is 31.1 Å². The van der Waals surface area contributed by atoms with Crippen LogP contribution in [0, 0.1) is 0 Å². The third kappa shape index (κ3) is 6.20. The van der Waals surface area contributed by atoms with Gasteiger partial charge in [-0.3, -0.25) is 19.9 Å². The summed E-state index contributed by atoms with van der Waals surface area (Å²) in [6, 6.07) is 21.5. The third-order valence-electron chi connectivity index (χ3n) is 5.00. The van der Waals surface area contributed by atoms with Gasteiger partial charge in [0.1, 0.15) is 18.1 Å². The molecule has 0 bridgehead atoms. The van der Waals surface area contributed by atoms with Crippen molar-refractivity contribution in [3.63, 3.8) is 0 Å². The number of carbonyl (C=O) groups is 2. The average molecular weight is 462 g/mol. The standard InChI is InChI=1S/C25H23N3O4S/c1-17(22-12-9-20(16-26-22)19-5-3-2-4-6-19)28-32-14-13-31-21-10-7-18(8-11-21)15-23-24(29)27-25(30)33-23/h2-12,16,23H,13-15H2,1H3,(H,27,29,30)/b28-17-. The van der Waals surface area contributed by atoms with Crippen LogP contribution in [0.4, 0.5) is 4.79 Å². The SMILES string of the molecule is C/C(=N/OCCOc1ccc(CC2SC(=O)NC2=O)cc1)c1ccc(-c2ccccc2)cn1. The topological polar surface area (TPSA) is 89.9 Å². The number of benzene rings is 2. The van der Waals surface area contributed by atoms with E-state index < -0.39 is 0 Å². The fourth-order valence-electron chi connectivity index (χ4n) is 3.26. The monoisotopic (exact) mass is 461 g/mol. The minimum atomic E-state index is -0.372. The summed E-state index contributed by atoms with van der Waals surface area (Å²) in [7, 11) is 0. The van der Waals surface area contributed by atoms with Crippen LogP contribution >= 0.6 is 11.8 Å². The van der Waals surface area contributed by atoms with Gasteiger partial charge in [0.15, 0.2) is 6.61 Å². The molecule has 168 valence electrons.